The summed E-state index contributed by atoms with van der Waals surface area (Å²) < 4.78 is 0. The highest BCUT2D eigenvalue weighted by Crippen LogP contribution is 2.41. The molecule has 0 amide bonds. The SMILES string of the molecule is CCCC1=C[C@@H]2CCC[C@@H]2C1=O. The molecule has 0 N–H and O–H groups in total. The van der Waals surface area contributed by atoms with E-state index < -0.39 is 0 Å². The Morgan fingerprint density at radius 1 is 1.50 bits per heavy atom. The van der Waals surface area contributed by atoms with Crippen LogP contribution in [0.25, 0.3) is 0 Å². The van der Waals surface area contributed by atoms with Gasteiger partial charge in [-0.3, -0.25) is 4.79 Å². The number of allylic oxidation sites excluding steroid dienone is 2. The van der Waals surface area contributed by atoms with E-state index in [0.717, 1.165) is 24.8 Å². The average molecular weight is 164 g/mol. The van der Waals surface area contributed by atoms with Gasteiger partial charge >= 0.3 is 0 Å². The quantitative estimate of drug-likeness (QED) is 0.613. The molecule has 2 aliphatic carbocycles. The lowest BCUT2D eigenvalue weighted by Crippen LogP contribution is -2.11. The van der Waals surface area contributed by atoms with Crippen LogP contribution in [0.15, 0.2) is 11.6 Å². The first-order valence-electron chi connectivity index (χ1n) is 5.08. The van der Waals surface area contributed by atoms with Gasteiger partial charge in [-0.25, -0.2) is 0 Å². The van der Waals surface area contributed by atoms with Crippen molar-refractivity contribution in [3.8, 4) is 0 Å². The van der Waals surface area contributed by atoms with E-state index in [1.165, 1.54) is 12.8 Å². The lowest BCUT2D eigenvalue weighted by atomic mass is 9.98. The summed E-state index contributed by atoms with van der Waals surface area (Å²) in [6.45, 7) is 2.14. The van der Waals surface area contributed by atoms with Crippen molar-refractivity contribution in [2.45, 2.75) is 39.0 Å². The van der Waals surface area contributed by atoms with Crippen LogP contribution in [-0.4, -0.2) is 5.78 Å². The first-order valence-corrected chi connectivity index (χ1v) is 5.08. The predicted octanol–water partition coefficient (Wildman–Crippen LogP) is 2.71. The number of hydrogen-bond donors (Lipinski definition) is 0. The third-order valence-corrected chi connectivity index (χ3v) is 3.16. The van der Waals surface area contributed by atoms with Crippen molar-refractivity contribution in [3.05, 3.63) is 11.6 Å². The lowest BCUT2D eigenvalue weighted by Gasteiger charge is -2.05. The molecule has 0 saturated heterocycles. The van der Waals surface area contributed by atoms with Gasteiger partial charge in [0.1, 0.15) is 0 Å². The molecule has 1 saturated carbocycles. The van der Waals surface area contributed by atoms with Gasteiger partial charge < -0.3 is 0 Å². The Hall–Kier alpha value is -0.590. The lowest BCUT2D eigenvalue weighted by molar-refractivity contribution is -0.118. The van der Waals surface area contributed by atoms with E-state index in [2.05, 4.69) is 13.0 Å². The number of fused-ring (bicyclic) bond motifs is 1. The van der Waals surface area contributed by atoms with E-state index in [4.69, 9.17) is 0 Å². The summed E-state index contributed by atoms with van der Waals surface area (Å²) >= 11 is 0. The summed E-state index contributed by atoms with van der Waals surface area (Å²) in [7, 11) is 0. The van der Waals surface area contributed by atoms with E-state index in [1.54, 1.807) is 0 Å². The number of hydrogen-bond acceptors (Lipinski definition) is 1. The zero-order valence-corrected chi connectivity index (χ0v) is 7.68. The normalized spacial score (nSPS) is 33.8. The van der Waals surface area contributed by atoms with Crippen molar-refractivity contribution < 1.29 is 4.79 Å². The fourth-order valence-corrected chi connectivity index (χ4v) is 2.57. The summed E-state index contributed by atoms with van der Waals surface area (Å²) in [5.74, 6) is 1.49. The van der Waals surface area contributed by atoms with Crippen LogP contribution in [0.2, 0.25) is 0 Å². The van der Waals surface area contributed by atoms with Crippen LogP contribution < -0.4 is 0 Å². The van der Waals surface area contributed by atoms with E-state index in [9.17, 15) is 4.79 Å². The van der Waals surface area contributed by atoms with Crippen LogP contribution in [0.3, 0.4) is 0 Å². The molecule has 0 spiro atoms. The topological polar surface area (TPSA) is 17.1 Å². The van der Waals surface area contributed by atoms with Gasteiger partial charge in [-0.05, 0) is 30.8 Å². The standard InChI is InChI=1S/C11H16O/c1-2-4-9-7-8-5-3-6-10(8)11(9)12/h7-8,10H,2-6H2,1H3/t8-,10-/m0/s1. The highest BCUT2D eigenvalue weighted by atomic mass is 16.1. The predicted molar refractivity (Wildman–Crippen MR) is 48.8 cm³/mol. The van der Waals surface area contributed by atoms with Crippen LogP contribution in [0.5, 0.6) is 0 Å². The van der Waals surface area contributed by atoms with Gasteiger partial charge in [0.2, 0.25) is 0 Å². The first-order chi connectivity index (χ1) is 5.83. The van der Waals surface area contributed by atoms with Gasteiger partial charge in [0.15, 0.2) is 5.78 Å². The largest absolute Gasteiger partial charge is 0.294 e. The fourth-order valence-electron chi connectivity index (χ4n) is 2.57. The Balaban J connectivity index is 2.12. The smallest absolute Gasteiger partial charge is 0.162 e. The summed E-state index contributed by atoms with van der Waals surface area (Å²) in [6, 6.07) is 0. The molecule has 0 bridgehead atoms. The molecule has 1 nitrogen and oxygen atoms in total. The van der Waals surface area contributed by atoms with Crippen LogP contribution in [0, 0.1) is 11.8 Å². The molecule has 0 aromatic carbocycles. The second-order valence-corrected chi connectivity index (χ2v) is 4.01. The highest BCUT2D eigenvalue weighted by Gasteiger charge is 2.37. The molecule has 0 aromatic heterocycles. The first kappa shape index (κ1) is 8.03. The van der Waals surface area contributed by atoms with Crippen molar-refractivity contribution in [3.63, 3.8) is 0 Å². The molecular weight excluding hydrogens is 148 g/mol. The van der Waals surface area contributed by atoms with Crippen molar-refractivity contribution in [1.29, 1.82) is 0 Å². The van der Waals surface area contributed by atoms with E-state index >= 15 is 0 Å². The second kappa shape index (κ2) is 3.04. The number of rotatable bonds is 2. The van der Waals surface area contributed by atoms with E-state index in [1.807, 2.05) is 0 Å². The number of carbonyl (C=O) groups excluding carboxylic acids is 1. The minimum Gasteiger partial charge on any atom is -0.294 e. The Labute approximate surface area is 73.8 Å². The van der Waals surface area contributed by atoms with Gasteiger partial charge in [0, 0.05) is 5.92 Å². The fraction of sp³-hybridized carbons (Fsp3) is 0.727. The van der Waals surface area contributed by atoms with Gasteiger partial charge in [-0.2, -0.15) is 0 Å². The molecule has 66 valence electrons. The molecule has 2 aliphatic rings. The third kappa shape index (κ3) is 1.12. The molecule has 1 heteroatoms. The zero-order valence-electron chi connectivity index (χ0n) is 7.68. The Morgan fingerprint density at radius 2 is 2.33 bits per heavy atom. The van der Waals surface area contributed by atoms with Crippen molar-refractivity contribution in [2.24, 2.45) is 11.8 Å². The maximum atomic E-state index is 11.7. The molecule has 0 radical (unpaired) electrons. The maximum Gasteiger partial charge on any atom is 0.162 e. The molecule has 0 heterocycles. The average Bonchev–Trinajstić information content (AvgIpc) is 2.58. The Bertz CT molecular complexity index is 227. The van der Waals surface area contributed by atoms with Crippen LogP contribution in [0.1, 0.15) is 39.0 Å². The Kier molecular flexibility index (Phi) is 2.03. The minimum absolute atomic E-state index is 0.395. The maximum absolute atomic E-state index is 11.7. The number of Topliss-reactive ketones (excluding diaryl/α,β-unsaturated/α-hetero) is 1. The molecule has 2 atom stereocenters. The van der Waals surface area contributed by atoms with Crippen LogP contribution in [-0.2, 0) is 4.79 Å². The van der Waals surface area contributed by atoms with Gasteiger partial charge in [0.05, 0.1) is 0 Å². The van der Waals surface area contributed by atoms with Crippen molar-refractivity contribution >= 4 is 5.78 Å². The molecule has 1 fully saturated rings. The third-order valence-electron chi connectivity index (χ3n) is 3.16. The molecule has 0 aliphatic heterocycles. The van der Waals surface area contributed by atoms with Crippen LogP contribution in [0.4, 0.5) is 0 Å². The summed E-state index contributed by atoms with van der Waals surface area (Å²) in [6.07, 6.45) is 8.03. The molecular formula is C11H16O. The number of ketones is 1. The molecule has 0 unspecified atom stereocenters. The molecule has 2 rings (SSSR count). The highest BCUT2D eigenvalue weighted by molar-refractivity contribution is 6.00. The Morgan fingerprint density at radius 3 is 3.00 bits per heavy atom. The minimum atomic E-state index is 0.395. The second-order valence-electron chi connectivity index (χ2n) is 4.01. The monoisotopic (exact) mass is 164 g/mol. The van der Waals surface area contributed by atoms with Crippen molar-refractivity contribution in [1.82, 2.24) is 0 Å². The van der Waals surface area contributed by atoms with Crippen LogP contribution >= 0.6 is 0 Å². The molecule has 12 heavy (non-hydrogen) atoms. The van der Waals surface area contributed by atoms with Crippen molar-refractivity contribution in [2.75, 3.05) is 0 Å². The zero-order chi connectivity index (χ0) is 8.55. The number of carbonyl (C=O) groups is 1. The van der Waals surface area contributed by atoms with E-state index in [-0.39, 0.29) is 0 Å². The molecule has 0 aromatic rings. The summed E-state index contributed by atoms with van der Waals surface area (Å²) in [4.78, 5) is 11.7. The van der Waals surface area contributed by atoms with Gasteiger partial charge in [-0.1, -0.05) is 25.8 Å². The summed E-state index contributed by atoms with van der Waals surface area (Å²) in [5, 5.41) is 0. The summed E-state index contributed by atoms with van der Waals surface area (Å²) in [5.41, 5.74) is 1.13. The van der Waals surface area contributed by atoms with E-state index in [0.29, 0.717) is 17.6 Å². The van der Waals surface area contributed by atoms with Gasteiger partial charge in [0.25, 0.3) is 0 Å². The van der Waals surface area contributed by atoms with Gasteiger partial charge in [-0.15, -0.1) is 0 Å².